The van der Waals surface area contributed by atoms with E-state index in [1.807, 2.05) is 12.3 Å². The second kappa shape index (κ2) is 3.66. The third kappa shape index (κ3) is 2.24. The highest BCUT2D eigenvalue weighted by Crippen LogP contribution is 2.31. The highest BCUT2D eigenvalue weighted by molar-refractivity contribution is 7.88. The first kappa shape index (κ1) is 10.7. The lowest BCUT2D eigenvalue weighted by Crippen LogP contribution is -1.85. The molecular weight excluding hydrogens is 257 g/mol. The van der Waals surface area contributed by atoms with Crippen LogP contribution in [0.2, 0.25) is 0 Å². The van der Waals surface area contributed by atoms with Crippen molar-refractivity contribution in [1.29, 1.82) is 0 Å². The first-order valence-corrected chi connectivity index (χ1v) is 7.02. The Labute approximate surface area is 94.4 Å². The van der Waals surface area contributed by atoms with Crippen molar-refractivity contribution in [2.75, 3.05) is 0 Å². The van der Waals surface area contributed by atoms with Gasteiger partial charge in [-0.05, 0) is 19.1 Å². The average molecular weight is 263 g/mol. The van der Waals surface area contributed by atoms with Crippen LogP contribution < -0.4 is 0 Å². The molecule has 80 valence electrons. The van der Waals surface area contributed by atoms with Gasteiger partial charge in [0.05, 0.1) is 15.6 Å². The lowest BCUT2D eigenvalue weighted by atomic mass is 10.4. The van der Waals surface area contributed by atoms with E-state index >= 15 is 0 Å². The van der Waals surface area contributed by atoms with Crippen LogP contribution in [-0.4, -0.2) is 13.4 Å². The van der Waals surface area contributed by atoms with Crippen LogP contribution in [0.25, 0.3) is 10.6 Å². The standard InChI is InChI=1S/C8H6FNO2S3/c1-5-10-6(4-13-5)7-2-3-8(14-7)15(9,11)12/h2-4H,1H3. The minimum Gasteiger partial charge on any atom is -0.241 e. The van der Waals surface area contributed by atoms with Gasteiger partial charge in [0.1, 0.15) is 0 Å². The zero-order valence-corrected chi connectivity index (χ0v) is 10.0. The summed E-state index contributed by atoms with van der Waals surface area (Å²) >= 11 is 2.36. The molecule has 2 aromatic rings. The van der Waals surface area contributed by atoms with Crippen molar-refractivity contribution in [2.45, 2.75) is 11.1 Å². The molecule has 15 heavy (non-hydrogen) atoms. The predicted molar refractivity (Wildman–Crippen MR) is 58.5 cm³/mol. The van der Waals surface area contributed by atoms with Crippen molar-refractivity contribution in [2.24, 2.45) is 0 Å². The minimum atomic E-state index is -4.59. The predicted octanol–water partition coefficient (Wildman–Crippen LogP) is 2.84. The SMILES string of the molecule is Cc1nc(-c2ccc(S(=O)(=O)F)s2)cs1. The maximum Gasteiger partial charge on any atom is 0.341 e. The lowest BCUT2D eigenvalue weighted by molar-refractivity contribution is 0.554. The maximum atomic E-state index is 12.6. The van der Waals surface area contributed by atoms with Gasteiger partial charge in [-0.15, -0.1) is 22.7 Å². The molecule has 0 bridgehead atoms. The number of aromatic nitrogens is 1. The molecule has 0 aliphatic heterocycles. The largest absolute Gasteiger partial charge is 0.341 e. The van der Waals surface area contributed by atoms with E-state index in [-0.39, 0.29) is 4.21 Å². The molecule has 0 amide bonds. The number of hydrogen-bond donors (Lipinski definition) is 0. The number of halogens is 1. The molecular formula is C8H6FNO2S3. The summed E-state index contributed by atoms with van der Waals surface area (Å²) in [5, 5.41) is 2.71. The molecule has 0 aliphatic carbocycles. The normalized spacial score (nSPS) is 11.9. The molecule has 2 heterocycles. The summed E-state index contributed by atoms with van der Waals surface area (Å²) in [6, 6.07) is 2.82. The van der Waals surface area contributed by atoms with Crippen LogP contribution in [-0.2, 0) is 10.2 Å². The summed E-state index contributed by atoms with van der Waals surface area (Å²) in [4.78, 5) is 4.85. The summed E-state index contributed by atoms with van der Waals surface area (Å²) in [6.45, 7) is 1.86. The van der Waals surface area contributed by atoms with Gasteiger partial charge in [-0.2, -0.15) is 8.42 Å². The van der Waals surface area contributed by atoms with Gasteiger partial charge in [-0.1, -0.05) is 3.89 Å². The second-order valence-electron chi connectivity index (χ2n) is 2.81. The zero-order chi connectivity index (χ0) is 11.1. The van der Waals surface area contributed by atoms with Gasteiger partial charge in [0, 0.05) is 5.38 Å². The van der Waals surface area contributed by atoms with Crippen LogP contribution in [0.3, 0.4) is 0 Å². The third-order valence-electron chi connectivity index (χ3n) is 1.69. The summed E-state index contributed by atoms with van der Waals surface area (Å²) in [7, 11) is -4.59. The van der Waals surface area contributed by atoms with E-state index in [0.29, 0.717) is 10.6 Å². The fraction of sp³-hybridized carbons (Fsp3) is 0.125. The van der Waals surface area contributed by atoms with Crippen molar-refractivity contribution in [1.82, 2.24) is 4.98 Å². The molecule has 0 aromatic carbocycles. The Bertz CT molecular complexity index is 585. The number of thiophene rings is 1. The van der Waals surface area contributed by atoms with Gasteiger partial charge in [0.15, 0.2) is 4.21 Å². The first-order chi connectivity index (χ1) is 6.97. The van der Waals surface area contributed by atoms with E-state index in [1.54, 1.807) is 6.07 Å². The highest BCUT2D eigenvalue weighted by Gasteiger charge is 2.16. The molecule has 0 fully saturated rings. The van der Waals surface area contributed by atoms with E-state index in [4.69, 9.17) is 0 Å². The Hall–Kier alpha value is -0.790. The Morgan fingerprint density at radius 1 is 1.40 bits per heavy atom. The zero-order valence-electron chi connectivity index (χ0n) is 7.60. The Morgan fingerprint density at radius 3 is 2.60 bits per heavy atom. The molecule has 0 radical (unpaired) electrons. The van der Waals surface area contributed by atoms with Crippen LogP contribution in [0, 0.1) is 6.92 Å². The van der Waals surface area contributed by atoms with Gasteiger partial charge in [-0.25, -0.2) is 4.98 Å². The van der Waals surface area contributed by atoms with Crippen LogP contribution in [0.1, 0.15) is 5.01 Å². The number of nitrogens with zero attached hydrogens (tertiary/aromatic N) is 1. The smallest absolute Gasteiger partial charge is 0.241 e. The quantitative estimate of drug-likeness (QED) is 0.783. The van der Waals surface area contributed by atoms with Gasteiger partial charge in [0.2, 0.25) is 0 Å². The van der Waals surface area contributed by atoms with E-state index in [9.17, 15) is 12.3 Å². The number of hydrogen-bond acceptors (Lipinski definition) is 5. The van der Waals surface area contributed by atoms with Crippen LogP contribution in [0.4, 0.5) is 3.89 Å². The van der Waals surface area contributed by atoms with Crippen molar-refractivity contribution in [3.8, 4) is 10.6 Å². The molecule has 0 saturated heterocycles. The van der Waals surface area contributed by atoms with E-state index in [2.05, 4.69) is 4.98 Å². The van der Waals surface area contributed by atoms with Gasteiger partial charge in [0.25, 0.3) is 0 Å². The number of rotatable bonds is 2. The van der Waals surface area contributed by atoms with E-state index in [1.165, 1.54) is 17.4 Å². The summed E-state index contributed by atoms with van der Waals surface area (Å²) < 4.78 is 33.6. The van der Waals surface area contributed by atoms with Gasteiger partial charge >= 0.3 is 10.2 Å². The highest BCUT2D eigenvalue weighted by atomic mass is 32.3. The number of aryl methyl sites for hydroxylation is 1. The molecule has 0 aliphatic rings. The van der Waals surface area contributed by atoms with E-state index in [0.717, 1.165) is 16.3 Å². The van der Waals surface area contributed by atoms with Crippen LogP contribution in [0.15, 0.2) is 21.7 Å². The van der Waals surface area contributed by atoms with Crippen molar-refractivity contribution in [3.05, 3.63) is 22.5 Å². The molecule has 7 heteroatoms. The molecule has 2 aromatic heterocycles. The van der Waals surface area contributed by atoms with Crippen molar-refractivity contribution >= 4 is 32.9 Å². The third-order valence-corrected chi connectivity index (χ3v) is 4.83. The molecule has 0 spiro atoms. The maximum absolute atomic E-state index is 12.6. The summed E-state index contributed by atoms with van der Waals surface area (Å²) in [5.41, 5.74) is 0.692. The first-order valence-electron chi connectivity index (χ1n) is 3.94. The van der Waals surface area contributed by atoms with Crippen molar-refractivity contribution in [3.63, 3.8) is 0 Å². The van der Waals surface area contributed by atoms with E-state index < -0.39 is 10.2 Å². The monoisotopic (exact) mass is 263 g/mol. The molecule has 2 rings (SSSR count). The Morgan fingerprint density at radius 2 is 2.13 bits per heavy atom. The van der Waals surface area contributed by atoms with Crippen LogP contribution in [0.5, 0.6) is 0 Å². The fourth-order valence-electron chi connectivity index (χ4n) is 1.07. The molecule has 0 N–H and O–H groups in total. The van der Waals surface area contributed by atoms with Gasteiger partial charge in [-0.3, -0.25) is 0 Å². The molecule has 0 atom stereocenters. The molecule has 0 unspecified atom stereocenters. The summed E-state index contributed by atoms with van der Waals surface area (Å²) in [6.07, 6.45) is 0. The molecule has 3 nitrogen and oxygen atoms in total. The lowest BCUT2D eigenvalue weighted by Gasteiger charge is -1.87. The van der Waals surface area contributed by atoms with Crippen LogP contribution >= 0.6 is 22.7 Å². The average Bonchev–Trinajstić information content (AvgIpc) is 2.69. The van der Waals surface area contributed by atoms with Crippen molar-refractivity contribution < 1.29 is 12.3 Å². The second-order valence-corrected chi connectivity index (χ2v) is 6.53. The Kier molecular flexibility index (Phi) is 2.61. The number of thiazole rings is 1. The Balaban J connectivity index is 2.44. The fourth-order valence-corrected chi connectivity index (χ4v) is 3.35. The summed E-state index contributed by atoms with van der Waals surface area (Å²) in [5.74, 6) is 0. The minimum absolute atomic E-state index is 0.275. The topological polar surface area (TPSA) is 47.0 Å². The van der Waals surface area contributed by atoms with Gasteiger partial charge < -0.3 is 0 Å². The molecule has 0 saturated carbocycles.